The van der Waals surface area contributed by atoms with E-state index >= 15 is 0 Å². The van der Waals surface area contributed by atoms with Crippen LogP contribution >= 0.6 is 0 Å². The van der Waals surface area contributed by atoms with E-state index < -0.39 is 29.2 Å². The number of rotatable bonds is 5. The van der Waals surface area contributed by atoms with Crippen molar-refractivity contribution in [2.75, 3.05) is 10.6 Å². The monoisotopic (exact) mass is 469 g/mol. The van der Waals surface area contributed by atoms with Crippen LogP contribution in [0, 0.1) is 13.8 Å². The fraction of sp³-hybridized carbons (Fsp3) is 0.130. The maximum atomic E-state index is 13.8. The smallest absolute Gasteiger partial charge is 0.361 e. The van der Waals surface area contributed by atoms with Crippen LogP contribution in [-0.4, -0.2) is 26.8 Å². The number of aryl methyl sites for hydroxylation is 2. The number of carbonyl (C=O) groups is 2. The molecule has 8 nitrogen and oxygen atoms in total. The van der Waals surface area contributed by atoms with Gasteiger partial charge in [-0.3, -0.25) is 9.59 Å². The summed E-state index contributed by atoms with van der Waals surface area (Å²) < 4.78 is 47.1. The maximum absolute atomic E-state index is 13.8. The van der Waals surface area contributed by atoms with E-state index in [1.54, 1.807) is 38.1 Å². The van der Waals surface area contributed by atoms with E-state index in [-0.39, 0.29) is 17.1 Å². The highest BCUT2D eigenvalue weighted by Crippen LogP contribution is 2.34. The predicted octanol–water partition coefficient (Wildman–Crippen LogP) is 5.00. The molecule has 11 heteroatoms. The van der Waals surface area contributed by atoms with Gasteiger partial charge in [0, 0.05) is 17.4 Å². The van der Waals surface area contributed by atoms with Gasteiger partial charge in [0.1, 0.15) is 5.76 Å². The van der Waals surface area contributed by atoms with Crippen molar-refractivity contribution in [3.63, 3.8) is 0 Å². The highest BCUT2D eigenvalue weighted by atomic mass is 19.4. The molecule has 0 saturated carbocycles. The van der Waals surface area contributed by atoms with E-state index in [9.17, 15) is 22.8 Å². The van der Waals surface area contributed by atoms with Gasteiger partial charge in [-0.15, -0.1) is 0 Å². The minimum Gasteiger partial charge on any atom is -0.361 e. The molecule has 0 aliphatic rings. The fourth-order valence-electron chi connectivity index (χ4n) is 3.24. The number of hydrogen-bond donors (Lipinski definition) is 2. The number of hydrogen-bond acceptors (Lipinski definition) is 5. The van der Waals surface area contributed by atoms with E-state index in [0.717, 1.165) is 6.20 Å². The minimum atomic E-state index is -4.83. The van der Waals surface area contributed by atoms with Gasteiger partial charge >= 0.3 is 6.18 Å². The zero-order valence-corrected chi connectivity index (χ0v) is 18.0. The first-order chi connectivity index (χ1) is 16.1. The molecule has 0 atom stereocenters. The third-order valence-electron chi connectivity index (χ3n) is 4.89. The Kier molecular flexibility index (Phi) is 5.93. The lowest BCUT2D eigenvalue weighted by Crippen LogP contribution is -2.21. The van der Waals surface area contributed by atoms with Crippen molar-refractivity contribution in [3.8, 4) is 5.69 Å². The second-order valence-corrected chi connectivity index (χ2v) is 7.41. The van der Waals surface area contributed by atoms with Crippen LogP contribution in [0.4, 0.5) is 24.5 Å². The van der Waals surface area contributed by atoms with Gasteiger partial charge in [0.25, 0.3) is 11.8 Å². The Labute approximate surface area is 191 Å². The SMILES string of the molecule is Cc1cc(C(=O)Nc2cc(NC(=O)c3cnn(-c4ccccc4)c3C(F)(F)F)ccc2C)no1. The van der Waals surface area contributed by atoms with Gasteiger partial charge in [0.05, 0.1) is 17.4 Å². The Morgan fingerprint density at radius 2 is 1.71 bits per heavy atom. The number of alkyl halides is 3. The molecule has 0 saturated heterocycles. The summed E-state index contributed by atoms with van der Waals surface area (Å²) in [7, 11) is 0. The summed E-state index contributed by atoms with van der Waals surface area (Å²) in [6, 6.07) is 13.7. The van der Waals surface area contributed by atoms with E-state index in [2.05, 4.69) is 20.9 Å². The van der Waals surface area contributed by atoms with Gasteiger partial charge in [-0.25, -0.2) is 4.68 Å². The molecular formula is C23H18F3N5O3. The standard InChI is InChI=1S/C23H18F3N5O3/c1-13-8-9-15(11-18(13)29-22(33)19-10-14(2)34-30-19)28-21(32)17-12-27-31(20(17)23(24,25)26)16-6-4-3-5-7-16/h3-12H,1-2H3,(H,28,32)(H,29,33). The van der Waals surface area contributed by atoms with Gasteiger partial charge in [-0.2, -0.15) is 18.3 Å². The van der Waals surface area contributed by atoms with E-state index in [1.165, 1.54) is 30.3 Å². The molecule has 0 radical (unpaired) electrons. The molecule has 4 rings (SSSR count). The largest absolute Gasteiger partial charge is 0.434 e. The van der Waals surface area contributed by atoms with E-state index in [0.29, 0.717) is 21.7 Å². The third kappa shape index (κ3) is 4.68. The van der Waals surface area contributed by atoms with Crippen molar-refractivity contribution < 1.29 is 27.3 Å². The molecule has 2 amide bonds. The number of para-hydroxylation sites is 1. The molecule has 0 aliphatic heterocycles. The van der Waals surface area contributed by atoms with Crippen LogP contribution in [0.1, 0.15) is 37.9 Å². The number of nitrogens with one attached hydrogen (secondary N) is 2. The molecular weight excluding hydrogens is 451 g/mol. The third-order valence-corrected chi connectivity index (χ3v) is 4.89. The first-order valence-electron chi connectivity index (χ1n) is 10.0. The summed E-state index contributed by atoms with van der Waals surface area (Å²) in [6.07, 6.45) is -3.96. The fourth-order valence-corrected chi connectivity index (χ4v) is 3.24. The van der Waals surface area contributed by atoms with Crippen LogP contribution in [-0.2, 0) is 6.18 Å². The maximum Gasteiger partial charge on any atom is 0.434 e. The number of halogens is 3. The summed E-state index contributed by atoms with van der Waals surface area (Å²) in [5.74, 6) is -1.07. The molecule has 0 spiro atoms. The molecule has 0 bridgehead atoms. The van der Waals surface area contributed by atoms with Crippen molar-refractivity contribution in [3.05, 3.63) is 89.1 Å². The normalized spacial score (nSPS) is 11.3. The summed E-state index contributed by atoms with van der Waals surface area (Å²) in [4.78, 5) is 25.2. The van der Waals surface area contributed by atoms with Crippen LogP contribution < -0.4 is 10.6 Å². The summed E-state index contributed by atoms with van der Waals surface area (Å²) in [5.41, 5.74) is -0.410. The Balaban J connectivity index is 1.60. The number of carbonyl (C=O) groups excluding carboxylic acids is 2. The molecule has 2 aromatic carbocycles. The molecule has 174 valence electrons. The summed E-state index contributed by atoms with van der Waals surface area (Å²) in [5, 5.41) is 12.5. The number of nitrogens with zero attached hydrogens (tertiary/aromatic N) is 3. The molecule has 0 fully saturated rings. The van der Waals surface area contributed by atoms with Crippen LogP contribution in [0.15, 0.2) is 65.3 Å². The first kappa shape index (κ1) is 22.8. The minimum absolute atomic E-state index is 0.0643. The quantitative estimate of drug-likeness (QED) is 0.428. The second kappa shape index (κ2) is 8.85. The highest BCUT2D eigenvalue weighted by molar-refractivity contribution is 6.06. The lowest BCUT2D eigenvalue weighted by Gasteiger charge is -2.14. The van der Waals surface area contributed by atoms with Crippen molar-refractivity contribution in [1.29, 1.82) is 0 Å². The average molecular weight is 469 g/mol. The summed E-state index contributed by atoms with van der Waals surface area (Å²) in [6.45, 7) is 3.36. The average Bonchev–Trinajstić information content (AvgIpc) is 3.43. The number of amides is 2. The van der Waals surface area contributed by atoms with E-state index in [4.69, 9.17) is 4.52 Å². The van der Waals surface area contributed by atoms with Gasteiger partial charge in [-0.05, 0) is 43.7 Å². The Hall–Kier alpha value is -4.41. The lowest BCUT2D eigenvalue weighted by molar-refractivity contribution is -0.143. The van der Waals surface area contributed by atoms with Crippen LogP contribution in [0.25, 0.3) is 5.69 Å². The van der Waals surface area contributed by atoms with Gasteiger partial charge in [-0.1, -0.05) is 29.4 Å². The van der Waals surface area contributed by atoms with Crippen LogP contribution in [0.5, 0.6) is 0 Å². The van der Waals surface area contributed by atoms with Crippen LogP contribution in [0.3, 0.4) is 0 Å². The Bertz CT molecular complexity index is 1360. The second-order valence-electron chi connectivity index (χ2n) is 7.41. The number of aromatic nitrogens is 3. The highest BCUT2D eigenvalue weighted by Gasteiger charge is 2.40. The molecule has 2 heterocycles. The van der Waals surface area contributed by atoms with Crippen LogP contribution in [0.2, 0.25) is 0 Å². The van der Waals surface area contributed by atoms with Gasteiger partial charge in [0.2, 0.25) is 0 Å². The van der Waals surface area contributed by atoms with Crippen molar-refractivity contribution in [2.24, 2.45) is 0 Å². The van der Waals surface area contributed by atoms with Crippen molar-refractivity contribution >= 4 is 23.2 Å². The molecule has 4 aromatic rings. The Morgan fingerprint density at radius 1 is 0.971 bits per heavy atom. The van der Waals surface area contributed by atoms with E-state index in [1.807, 2.05) is 0 Å². The van der Waals surface area contributed by atoms with Gasteiger partial charge < -0.3 is 15.2 Å². The molecule has 2 aromatic heterocycles. The number of anilines is 2. The van der Waals surface area contributed by atoms with Crippen molar-refractivity contribution in [2.45, 2.75) is 20.0 Å². The predicted molar refractivity (Wildman–Crippen MR) is 117 cm³/mol. The summed E-state index contributed by atoms with van der Waals surface area (Å²) >= 11 is 0. The zero-order chi connectivity index (χ0) is 24.5. The first-order valence-corrected chi connectivity index (χ1v) is 10.0. The van der Waals surface area contributed by atoms with Crippen molar-refractivity contribution in [1.82, 2.24) is 14.9 Å². The molecule has 2 N–H and O–H groups in total. The Morgan fingerprint density at radius 3 is 2.35 bits per heavy atom. The topological polar surface area (TPSA) is 102 Å². The lowest BCUT2D eigenvalue weighted by atomic mass is 10.1. The molecule has 0 unspecified atom stereocenters. The zero-order valence-electron chi connectivity index (χ0n) is 18.0. The number of benzene rings is 2. The van der Waals surface area contributed by atoms with Gasteiger partial charge in [0.15, 0.2) is 11.4 Å². The molecule has 34 heavy (non-hydrogen) atoms. The molecule has 0 aliphatic carbocycles.